The highest BCUT2D eigenvalue weighted by atomic mass is 15.0. The van der Waals surface area contributed by atoms with Crippen molar-refractivity contribution in [3.05, 3.63) is 53.9 Å². The second-order valence-electron chi connectivity index (χ2n) is 4.95. The predicted molar refractivity (Wildman–Crippen MR) is 73.3 cm³/mol. The van der Waals surface area contributed by atoms with Crippen molar-refractivity contribution in [1.29, 1.82) is 5.26 Å². The van der Waals surface area contributed by atoms with Crippen molar-refractivity contribution in [2.75, 3.05) is 0 Å². The molecule has 1 unspecified atom stereocenters. The summed E-state index contributed by atoms with van der Waals surface area (Å²) in [6.07, 6.45) is 7.59. The zero-order chi connectivity index (χ0) is 13.8. The second kappa shape index (κ2) is 5.76. The van der Waals surface area contributed by atoms with Gasteiger partial charge in [-0.15, -0.1) is 0 Å². The Hall–Kier alpha value is -2.32. The van der Waals surface area contributed by atoms with Gasteiger partial charge in [0.25, 0.3) is 0 Å². The van der Waals surface area contributed by atoms with Crippen LogP contribution in [0.15, 0.2) is 36.8 Å². The van der Waals surface area contributed by atoms with Gasteiger partial charge in [-0.05, 0) is 37.0 Å². The number of rotatable bonds is 5. The first-order valence-corrected chi connectivity index (χ1v) is 6.72. The minimum absolute atomic E-state index is 0.189. The van der Waals surface area contributed by atoms with E-state index in [1.807, 2.05) is 12.1 Å². The van der Waals surface area contributed by atoms with Crippen molar-refractivity contribution in [3.63, 3.8) is 0 Å². The molecule has 0 radical (unpaired) electrons. The monoisotopic (exact) mass is 265 g/mol. The fraction of sp³-hybridized carbons (Fsp3) is 0.333. The van der Waals surface area contributed by atoms with Crippen LogP contribution >= 0.6 is 0 Å². The van der Waals surface area contributed by atoms with Crippen LogP contribution in [0.1, 0.15) is 36.0 Å². The van der Waals surface area contributed by atoms with Crippen molar-refractivity contribution >= 4 is 0 Å². The van der Waals surface area contributed by atoms with Gasteiger partial charge in [-0.1, -0.05) is 0 Å². The lowest BCUT2D eigenvalue weighted by Gasteiger charge is -2.16. The van der Waals surface area contributed by atoms with Gasteiger partial charge in [0.2, 0.25) is 0 Å². The molecule has 0 amide bonds. The van der Waals surface area contributed by atoms with Crippen LogP contribution in [0.2, 0.25) is 0 Å². The third kappa shape index (κ3) is 2.98. The predicted octanol–water partition coefficient (Wildman–Crippen LogP) is 1.98. The van der Waals surface area contributed by atoms with Gasteiger partial charge in [0.05, 0.1) is 17.3 Å². The number of hydrogen-bond donors (Lipinski definition) is 1. The van der Waals surface area contributed by atoms with Gasteiger partial charge in [-0.3, -0.25) is 4.98 Å². The number of aromatic nitrogens is 3. The summed E-state index contributed by atoms with van der Waals surface area (Å²) in [4.78, 5) is 13.0. The Kier molecular flexibility index (Phi) is 3.66. The molecule has 1 aliphatic carbocycles. The zero-order valence-corrected chi connectivity index (χ0v) is 11.0. The number of pyridine rings is 1. The Morgan fingerprint density at radius 2 is 2.05 bits per heavy atom. The quantitative estimate of drug-likeness (QED) is 0.894. The highest BCUT2D eigenvalue weighted by Crippen LogP contribution is 2.39. The number of nitrogens with one attached hydrogen (secondary N) is 1. The summed E-state index contributed by atoms with van der Waals surface area (Å²) in [5, 5.41) is 12.2. The van der Waals surface area contributed by atoms with Crippen LogP contribution in [-0.4, -0.2) is 15.0 Å². The molecule has 1 saturated carbocycles. The van der Waals surface area contributed by atoms with E-state index in [0.29, 0.717) is 18.0 Å². The first-order chi connectivity index (χ1) is 9.86. The van der Waals surface area contributed by atoms with Crippen molar-refractivity contribution in [1.82, 2.24) is 20.3 Å². The molecule has 2 aromatic heterocycles. The molecule has 2 heterocycles. The second-order valence-corrected chi connectivity index (χ2v) is 4.95. The first kappa shape index (κ1) is 12.7. The molecular weight excluding hydrogens is 250 g/mol. The van der Waals surface area contributed by atoms with Crippen LogP contribution in [-0.2, 0) is 6.54 Å². The fourth-order valence-corrected chi connectivity index (χ4v) is 2.18. The van der Waals surface area contributed by atoms with Gasteiger partial charge in [-0.2, -0.15) is 5.26 Å². The molecular formula is C15H15N5. The molecule has 1 fully saturated rings. The SMILES string of the molecule is N#Cc1ccc(CNC(c2ncccn2)C2CC2)nc1. The summed E-state index contributed by atoms with van der Waals surface area (Å²) in [5.74, 6) is 1.47. The largest absolute Gasteiger partial charge is 0.301 e. The molecule has 0 aliphatic heterocycles. The number of nitrogens with zero attached hydrogens (tertiary/aromatic N) is 4. The summed E-state index contributed by atoms with van der Waals surface area (Å²) >= 11 is 0. The maximum absolute atomic E-state index is 8.75. The molecule has 1 atom stereocenters. The molecule has 0 aromatic carbocycles. The van der Waals surface area contributed by atoms with Crippen LogP contribution < -0.4 is 5.32 Å². The maximum Gasteiger partial charge on any atom is 0.145 e. The van der Waals surface area contributed by atoms with Crippen LogP contribution in [0.4, 0.5) is 0 Å². The molecule has 0 bridgehead atoms. The van der Waals surface area contributed by atoms with E-state index in [1.165, 1.54) is 12.8 Å². The molecule has 5 heteroatoms. The standard InChI is InChI=1S/C15H15N5/c16-8-11-2-5-13(19-9-11)10-20-14(12-3-4-12)15-17-6-1-7-18-15/h1-2,5-7,9,12,14,20H,3-4,10H2. The van der Waals surface area contributed by atoms with E-state index in [1.54, 1.807) is 24.7 Å². The molecule has 5 nitrogen and oxygen atoms in total. The normalized spacial score (nSPS) is 15.6. The lowest BCUT2D eigenvalue weighted by atomic mass is 10.1. The Labute approximate surface area is 117 Å². The van der Waals surface area contributed by atoms with Crippen molar-refractivity contribution < 1.29 is 0 Å². The van der Waals surface area contributed by atoms with Gasteiger partial charge in [0.15, 0.2) is 0 Å². The molecule has 2 aromatic rings. The summed E-state index contributed by atoms with van der Waals surface area (Å²) in [5.41, 5.74) is 1.50. The van der Waals surface area contributed by atoms with Crippen LogP contribution in [0.25, 0.3) is 0 Å². The highest BCUT2D eigenvalue weighted by Gasteiger charge is 2.33. The van der Waals surface area contributed by atoms with Gasteiger partial charge < -0.3 is 5.32 Å². The number of nitriles is 1. The van der Waals surface area contributed by atoms with Gasteiger partial charge in [-0.25, -0.2) is 9.97 Å². The molecule has 3 rings (SSSR count). The van der Waals surface area contributed by atoms with E-state index >= 15 is 0 Å². The molecule has 20 heavy (non-hydrogen) atoms. The maximum atomic E-state index is 8.75. The van der Waals surface area contributed by atoms with Crippen LogP contribution in [0.3, 0.4) is 0 Å². The summed E-state index contributed by atoms with van der Waals surface area (Å²) in [6.45, 7) is 0.658. The van der Waals surface area contributed by atoms with Crippen molar-refractivity contribution in [2.45, 2.75) is 25.4 Å². The topological polar surface area (TPSA) is 74.5 Å². The van der Waals surface area contributed by atoms with E-state index in [9.17, 15) is 0 Å². The van der Waals surface area contributed by atoms with Gasteiger partial charge in [0.1, 0.15) is 11.9 Å². The lowest BCUT2D eigenvalue weighted by molar-refractivity contribution is 0.454. The van der Waals surface area contributed by atoms with Crippen LogP contribution in [0, 0.1) is 17.2 Å². The molecule has 1 N–H and O–H groups in total. The molecule has 100 valence electrons. The summed E-state index contributed by atoms with van der Waals surface area (Å²) < 4.78 is 0. The average molecular weight is 265 g/mol. The Morgan fingerprint density at radius 3 is 2.65 bits per heavy atom. The Morgan fingerprint density at radius 1 is 1.25 bits per heavy atom. The zero-order valence-electron chi connectivity index (χ0n) is 11.0. The smallest absolute Gasteiger partial charge is 0.145 e. The minimum Gasteiger partial charge on any atom is -0.301 e. The first-order valence-electron chi connectivity index (χ1n) is 6.72. The third-order valence-electron chi connectivity index (χ3n) is 3.41. The van der Waals surface area contributed by atoms with E-state index in [0.717, 1.165) is 11.5 Å². The van der Waals surface area contributed by atoms with Crippen molar-refractivity contribution in [3.8, 4) is 6.07 Å². The minimum atomic E-state index is 0.189. The van der Waals surface area contributed by atoms with Gasteiger partial charge >= 0.3 is 0 Å². The average Bonchev–Trinajstić information content (AvgIpc) is 3.34. The van der Waals surface area contributed by atoms with Crippen molar-refractivity contribution in [2.24, 2.45) is 5.92 Å². The Balaban J connectivity index is 1.67. The van der Waals surface area contributed by atoms with E-state index in [4.69, 9.17) is 5.26 Å². The molecule has 0 spiro atoms. The third-order valence-corrected chi connectivity index (χ3v) is 3.41. The number of hydrogen-bond acceptors (Lipinski definition) is 5. The van der Waals surface area contributed by atoms with Crippen LogP contribution in [0.5, 0.6) is 0 Å². The summed E-state index contributed by atoms with van der Waals surface area (Å²) in [7, 11) is 0. The van der Waals surface area contributed by atoms with Gasteiger partial charge in [0, 0.05) is 25.1 Å². The Bertz CT molecular complexity index is 598. The lowest BCUT2D eigenvalue weighted by Crippen LogP contribution is -2.25. The summed E-state index contributed by atoms with van der Waals surface area (Å²) in [6, 6.07) is 7.75. The fourth-order valence-electron chi connectivity index (χ4n) is 2.18. The molecule has 1 aliphatic rings. The van der Waals surface area contributed by atoms with E-state index in [-0.39, 0.29) is 6.04 Å². The molecule has 0 saturated heterocycles. The highest BCUT2D eigenvalue weighted by molar-refractivity contribution is 5.26. The van der Waals surface area contributed by atoms with E-state index in [2.05, 4.69) is 26.3 Å². The van der Waals surface area contributed by atoms with E-state index < -0.39 is 0 Å².